The Hall–Kier alpha value is -0.900. The van der Waals surface area contributed by atoms with Crippen LogP contribution in [0.5, 0.6) is 0 Å². The van der Waals surface area contributed by atoms with Gasteiger partial charge in [-0.1, -0.05) is 31.2 Å². The SMILES string of the molecule is CC1CCN(CCNC2CC(N)c3ccccc32)CC1. The highest BCUT2D eigenvalue weighted by molar-refractivity contribution is 5.37. The third-order valence-corrected chi connectivity index (χ3v) is 4.96. The summed E-state index contributed by atoms with van der Waals surface area (Å²) in [6.07, 6.45) is 3.75. The van der Waals surface area contributed by atoms with Gasteiger partial charge in [-0.2, -0.15) is 0 Å². The summed E-state index contributed by atoms with van der Waals surface area (Å²) in [6.45, 7) is 7.14. The van der Waals surface area contributed by atoms with E-state index in [1.807, 2.05) is 0 Å². The van der Waals surface area contributed by atoms with Crippen LogP contribution in [0.25, 0.3) is 0 Å². The molecule has 2 aliphatic rings. The molecule has 3 heteroatoms. The molecule has 3 rings (SSSR count). The molecule has 1 aromatic carbocycles. The van der Waals surface area contributed by atoms with E-state index < -0.39 is 0 Å². The Balaban J connectivity index is 1.48. The second kappa shape index (κ2) is 6.25. The number of rotatable bonds is 4. The molecule has 0 spiro atoms. The predicted octanol–water partition coefficient (Wildman–Crippen LogP) is 2.45. The van der Waals surface area contributed by atoms with Crippen LogP contribution in [0.15, 0.2) is 24.3 Å². The van der Waals surface area contributed by atoms with Crippen LogP contribution >= 0.6 is 0 Å². The van der Waals surface area contributed by atoms with Crippen molar-refractivity contribution in [1.29, 1.82) is 0 Å². The van der Waals surface area contributed by atoms with Gasteiger partial charge in [-0.25, -0.2) is 0 Å². The summed E-state index contributed by atoms with van der Waals surface area (Å²) < 4.78 is 0. The summed E-state index contributed by atoms with van der Waals surface area (Å²) in [5.41, 5.74) is 8.96. The second-order valence-corrected chi connectivity index (χ2v) is 6.50. The number of piperidine rings is 1. The zero-order chi connectivity index (χ0) is 13.9. The van der Waals surface area contributed by atoms with E-state index in [4.69, 9.17) is 5.73 Å². The standard InChI is InChI=1S/C17H27N3/c1-13-6-9-20(10-7-13)11-8-19-17-12-16(18)14-4-2-3-5-15(14)17/h2-5,13,16-17,19H,6-12,18H2,1H3. The lowest BCUT2D eigenvalue weighted by Gasteiger charge is -2.30. The Morgan fingerprint density at radius 3 is 2.65 bits per heavy atom. The first-order valence-electron chi connectivity index (χ1n) is 8.04. The molecule has 1 aromatic rings. The number of nitrogens with one attached hydrogen (secondary N) is 1. The normalized spacial score (nSPS) is 27.7. The highest BCUT2D eigenvalue weighted by Gasteiger charge is 2.27. The highest BCUT2D eigenvalue weighted by Crippen LogP contribution is 2.36. The molecular formula is C17H27N3. The van der Waals surface area contributed by atoms with E-state index in [0.717, 1.165) is 18.9 Å². The van der Waals surface area contributed by atoms with E-state index in [1.165, 1.54) is 43.6 Å². The van der Waals surface area contributed by atoms with Gasteiger partial charge < -0.3 is 16.0 Å². The molecule has 0 saturated carbocycles. The number of fused-ring (bicyclic) bond motifs is 1. The van der Waals surface area contributed by atoms with Crippen molar-refractivity contribution in [3.8, 4) is 0 Å². The number of hydrogen-bond acceptors (Lipinski definition) is 3. The first-order valence-corrected chi connectivity index (χ1v) is 8.04. The third kappa shape index (κ3) is 3.05. The van der Waals surface area contributed by atoms with E-state index in [2.05, 4.69) is 41.4 Å². The summed E-state index contributed by atoms with van der Waals surface area (Å²) in [6, 6.07) is 9.27. The fourth-order valence-corrected chi connectivity index (χ4v) is 3.55. The molecule has 1 heterocycles. The molecule has 20 heavy (non-hydrogen) atoms. The zero-order valence-electron chi connectivity index (χ0n) is 12.5. The first-order chi connectivity index (χ1) is 9.74. The van der Waals surface area contributed by atoms with Crippen molar-refractivity contribution in [3.05, 3.63) is 35.4 Å². The van der Waals surface area contributed by atoms with Crippen LogP contribution in [0.1, 0.15) is 49.4 Å². The van der Waals surface area contributed by atoms with Crippen molar-refractivity contribution in [2.75, 3.05) is 26.2 Å². The van der Waals surface area contributed by atoms with Crippen LogP contribution < -0.4 is 11.1 Å². The van der Waals surface area contributed by atoms with Crippen molar-refractivity contribution in [3.63, 3.8) is 0 Å². The third-order valence-electron chi connectivity index (χ3n) is 4.96. The molecule has 0 amide bonds. The van der Waals surface area contributed by atoms with Crippen LogP contribution in [0.4, 0.5) is 0 Å². The Labute approximate surface area is 122 Å². The van der Waals surface area contributed by atoms with Crippen LogP contribution in [-0.2, 0) is 0 Å². The highest BCUT2D eigenvalue weighted by atomic mass is 15.1. The number of hydrogen-bond donors (Lipinski definition) is 2. The van der Waals surface area contributed by atoms with Crippen LogP contribution in [0, 0.1) is 5.92 Å². The summed E-state index contributed by atoms with van der Waals surface area (Å²) in [7, 11) is 0. The Kier molecular flexibility index (Phi) is 4.39. The molecular weight excluding hydrogens is 246 g/mol. The Bertz CT molecular complexity index is 438. The van der Waals surface area contributed by atoms with Gasteiger partial charge >= 0.3 is 0 Å². The van der Waals surface area contributed by atoms with Crippen molar-refractivity contribution in [2.24, 2.45) is 11.7 Å². The predicted molar refractivity (Wildman–Crippen MR) is 83.6 cm³/mol. The Morgan fingerprint density at radius 2 is 1.90 bits per heavy atom. The minimum absolute atomic E-state index is 0.208. The largest absolute Gasteiger partial charge is 0.324 e. The van der Waals surface area contributed by atoms with Gasteiger partial charge in [0.2, 0.25) is 0 Å². The van der Waals surface area contributed by atoms with E-state index in [-0.39, 0.29) is 6.04 Å². The van der Waals surface area contributed by atoms with E-state index in [0.29, 0.717) is 6.04 Å². The fraction of sp³-hybridized carbons (Fsp3) is 0.647. The van der Waals surface area contributed by atoms with Gasteiger partial charge in [-0.3, -0.25) is 0 Å². The monoisotopic (exact) mass is 273 g/mol. The zero-order valence-corrected chi connectivity index (χ0v) is 12.5. The molecule has 1 aliphatic heterocycles. The van der Waals surface area contributed by atoms with Gasteiger partial charge in [-0.15, -0.1) is 0 Å². The van der Waals surface area contributed by atoms with Crippen LogP contribution in [0.3, 0.4) is 0 Å². The van der Waals surface area contributed by atoms with Gasteiger partial charge in [0, 0.05) is 25.2 Å². The average Bonchev–Trinajstić information content (AvgIpc) is 2.79. The van der Waals surface area contributed by atoms with Gasteiger partial charge in [0.05, 0.1) is 0 Å². The van der Waals surface area contributed by atoms with Crippen molar-refractivity contribution >= 4 is 0 Å². The van der Waals surface area contributed by atoms with Crippen LogP contribution in [0.2, 0.25) is 0 Å². The van der Waals surface area contributed by atoms with Crippen molar-refractivity contribution in [2.45, 2.75) is 38.3 Å². The molecule has 0 aromatic heterocycles. The summed E-state index contributed by atoms with van der Waals surface area (Å²) in [4.78, 5) is 2.59. The summed E-state index contributed by atoms with van der Waals surface area (Å²) >= 11 is 0. The molecule has 1 fully saturated rings. The lowest BCUT2D eigenvalue weighted by molar-refractivity contribution is 0.191. The maximum Gasteiger partial charge on any atom is 0.0342 e. The lowest BCUT2D eigenvalue weighted by atomic mass is 9.99. The van der Waals surface area contributed by atoms with Gasteiger partial charge in [0.15, 0.2) is 0 Å². The molecule has 3 nitrogen and oxygen atoms in total. The first kappa shape index (κ1) is 14.1. The van der Waals surface area contributed by atoms with Gasteiger partial charge in [0.1, 0.15) is 0 Å². The number of nitrogens with two attached hydrogens (primary N) is 1. The van der Waals surface area contributed by atoms with Gasteiger partial charge in [0.25, 0.3) is 0 Å². The summed E-state index contributed by atoms with van der Waals surface area (Å²) in [5.74, 6) is 0.916. The van der Waals surface area contributed by atoms with Crippen molar-refractivity contribution < 1.29 is 0 Å². The summed E-state index contributed by atoms with van der Waals surface area (Å²) in [5, 5.41) is 3.71. The maximum atomic E-state index is 6.22. The molecule has 3 N–H and O–H groups in total. The molecule has 1 saturated heterocycles. The topological polar surface area (TPSA) is 41.3 Å². The molecule has 1 aliphatic carbocycles. The minimum atomic E-state index is 0.208. The molecule has 2 atom stereocenters. The number of benzene rings is 1. The van der Waals surface area contributed by atoms with E-state index >= 15 is 0 Å². The minimum Gasteiger partial charge on any atom is -0.324 e. The number of nitrogens with zero attached hydrogens (tertiary/aromatic N) is 1. The van der Waals surface area contributed by atoms with Crippen LogP contribution in [-0.4, -0.2) is 31.1 Å². The second-order valence-electron chi connectivity index (χ2n) is 6.50. The molecule has 0 bridgehead atoms. The van der Waals surface area contributed by atoms with E-state index in [9.17, 15) is 0 Å². The molecule has 0 radical (unpaired) electrons. The van der Waals surface area contributed by atoms with Crippen molar-refractivity contribution in [1.82, 2.24) is 10.2 Å². The van der Waals surface area contributed by atoms with Gasteiger partial charge in [-0.05, 0) is 49.4 Å². The quantitative estimate of drug-likeness (QED) is 0.885. The van der Waals surface area contributed by atoms with E-state index in [1.54, 1.807) is 0 Å². The lowest BCUT2D eigenvalue weighted by Crippen LogP contribution is -2.38. The molecule has 2 unspecified atom stereocenters. The maximum absolute atomic E-state index is 6.22. The Morgan fingerprint density at radius 1 is 1.20 bits per heavy atom. The number of likely N-dealkylation sites (tertiary alicyclic amines) is 1. The fourth-order valence-electron chi connectivity index (χ4n) is 3.55. The smallest absolute Gasteiger partial charge is 0.0342 e. The molecule has 110 valence electrons. The average molecular weight is 273 g/mol.